The van der Waals surface area contributed by atoms with Gasteiger partial charge in [0.15, 0.2) is 11.5 Å². The molecule has 9 heteroatoms. The van der Waals surface area contributed by atoms with Crippen LogP contribution in [0.5, 0.6) is 11.5 Å². The summed E-state index contributed by atoms with van der Waals surface area (Å²) in [6.45, 7) is 1.37. The fraction of sp³-hybridized carbons (Fsp3) is 0.480. The molecule has 1 saturated carbocycles. The van der Waals surface area contributed by atoms with Crippen LogP contribution in [-0.4, -0.2) is 58.6 Å². The highest BCUT2D eigenvalue weighted by Gasteiger charge is 2.33. The van der Waals surface area contributed by atoms with Crippen molar-refractivity contribution in [3.63, 3.8) is 0 Å². The van der Waals surface area contributed by atoms with E-state index in [4.69, 9.17) is 9.47 Å². The first-order chi connectivity index (χ1) is 16.3. The maximum absolute atomic E-state index is 12.9. The summed E-state index contributed by atoms with van der Waals surface area (Å²) >= 11 is 0. The molecule has 8 nitrogen and oxygen atoms in total. The number of anilines is 1. The molecule has 0 atom stereocenters. The molecule has 2 aromatic carbocycles. The molecule has 2 N–H and O–H groups in total. The number of fused-ring (bicyclic) bond motifs is 1. The molecule has 0 bridgehead atoms. The fourth-order valence-electron chi connectivity index (χ4n) is 4.64. The summed E-state index contributed by atoms with van der Waals surface area (Å²) in [7, 11) is 0.281. The number of rotatable bonds is 7. The van der Waals surface area contributed by atoms with Crippen LogP contribution in [0.2, 0.25) is 0 Å². The van der Waals surface area contributed by atoms with Gasteiger partial charge in [0.1, 0.15) is 13.2 Å². The normalized spacial score (nSPS) is 17.6. The maximum atomic E-state index is 12.9. The second-order valence-electron chi connectivity index (χ2n) is 9.21. The molecule has 1 fully saturated rings. The molecule has 1 aliphatic carbocycles. The van der Waals surface area contributed by atoms with Crippen molar-refractivity contribution in [2.45, 2.75) is 49.0 Å². The number of sulfonamides is 1. The number of nitrogens with zero attached hydrogens (tertiary/aromatic N) is 1. The van der Waals surface area contributed by atoms with Crippen LogP contribution in [0, 0.1) is 0 Å². The van der Waals surface area contributed by atoms with Gasteiger partial charge in [0.25, 0.3) is 15.9 Å². The Bertz CT molecular complexity index is 1130. The van der Waals surface area contributed by atoms with Crippen LogP contribution in [0.25, 0.3) is 0 Å². The lowest BCUT2D eigenvalue weighted by Crippen LogP contribution is -2.52. The van der Waals surface area contributed by atoms with Crippen LogP contribution < -0.4 is 19.5 Å². The van der Waals surface area contributed by atoms with Gasteiger partial charge in [-0.1, -0.05) is 31.7 Å². The molecule has 0 unspecified atom stereocenters. The third kappa shape index (κ3) is 5.47. The van der Waals surface area contributed by atoms with Crippen LogP contribution in [-0.2, 0) is 10.0 Å². The third-order valence-electron chi connectivity index (χ3n) is 6.76. The Kier molecular flexibility index (Phi) is 7.33. The SMILES string of the molecule is CN(C)C1(CNC(=O)c2cccc(NS(=O)(=O)c3ccc4c(c3)OCCO4)c2)CCCCCC1. The zero-order chi connectivity index (χ0) is 24.2. The molecule has 1 heterocycles. The van der Waals surface area contributed by atoms with Gasteiger partial charge in [-0.3, -0.25) is 9.52 Å². The summed E-state index contributed by atoms with van der Waals surface area (Å²) in [6, 6.07) is 11.0. The van der Waals surface area contributed by atoms with Crippen molar-refractivity contribution >= 4 is 21.6 Å². The van der Waals surface area contributed by atoms with E-state index in [1.165, 1.54) is 25.0 Å². The summed E-state index contributed by atoms with van der Waals surface area (Å²) in [5.41, 5.74) is 0.674. The van der Waals surface area contributed by atoms with E-state index in [-0.39, 0.29) is 16.3 Å². The summed E-state index contributed by atoms with van der Waals surface area (Å²) in [6.07, 6.45) is 6.88. The van der Waals surface area contributed by atoms with Gasteiger partial charge in [0.05, 0.1) is 4.90 Å². The minimum Gasteiger partial charge on any atom is -0.486 e. The zero-order valence-electron chi connectivity index (χ0n) is 19.8. The molecule has 2 aliphatic rings. The summed E-state index contributed by atoms with van der Waals surface area (Å²) < 4.78 is 39.4. The quantitative estimate of drug-likeness (QED) is 0.579. The van der Waals surface area contributed by atoms with Crippen molar-refractivity contribution in [1.29, 1.82) is 0 Å². The third-order valence-corrected chi connectivity index (χ3v) is 8.14. The number of amides is 1. The molecule has 0 saturated heterocycles. The van der Waals surface area contributed by atoms with Crippen LogP contribution >= 0.6 is 0 Å². The van der Waals surface area contributed by atoms with Crippen molar-refractivity contribution in [1.82, 2.24) is 10.2 Å². The molecule has 0 aromatic heterocycles. The standard InChI is InChI=1S/C25H33N3O5S/c1-28(2)25(12-5-3-4-6-13-25)18-26-24(29)19-8-7-9-20(16-19)27-34(30,31)21-10-11-22-23(17-21)33-15-14-32-22/h7-11,16-17,27H,3-6,12-15,18H2,1-2H3,(H,26,29). The fourth-order valence-corrected chi connectivity index (χ4v) is 5.71. The van der Waals surface area contributed by atoms with Gasteiger partial charge in [-0.15, -0.1) is 0 Å². The number of ether oxygens (including phenoxy) is 2. The van der Waals surface area contributed by atoms with Crippen LogP contribution in [0.15, 0.2) is 47.4 Å². The van der Waals surface area contributed by atoms with E-state index >= 15 is 0 Å². The number of nitrogens with one attached hydrogen (secondary N) is 2. The highest BCUT2D eigenvalue weighted by atomic mass is 32.2. The van der Waals surface area contributed by atoms with E-state index in [0.29, 0.717) is 42.5 Å². The van der Waals surface area contributed by atoms with Crippen molar-refractivity contribution in [3.05, 3.63) is 48.0 Å². The minimum atomic E-state index is -3.87. The van der Waals surface area contributed by atoms with E-state index in [2.05, 4.69) is 29.0 Å². The molecule has 1 aliphatic heterocycles. The van der Waals surface area contributed by atoms with Crippen molar-refractivity contribution in [2.24, 2.45) is 0 Å². The summed E-state index contributed by atoms with van der Waals surface area (Å²) in [4.78, 5) is 15.2. The number of hydrogen-bond donors (Lipinski definition) is 2. The summed E-state index contributed by atoms with van der Waals surface area (Å²) in [5.74, 6) is 0.703. The predicted octanol–water partition coefficient (Wildman–Crippen LogP) is 3.64. The number of hydrogen-bond acceptors (Lipinski definition) is 6. The van der Waals surface area contributed by atoms with E-state index < -0.39 is 10.0 Å². The van der Waals surface area contributed by atoms with Crippen molar-refractivity contribution in [3.8, 4) is 11.5 Å². The maximum Gasteiger partial charge on any atom is 0.262 e. The lowest BCUT2D eigenvalue weighted by atomic mass is 9.88. The van der Waals surface area contributed by atoms with Crippen LogP contribution in [0.1, 0.15) is 48.9 Å². The molecule has 2 aromatic rings. The topological polar surface area (TPSA) is 97.0 Å². The van der Waals surface area contributed by atoms with Gasteiger partial charge < -0.3 is 19.7 Å². The number of benzene rings is 2. The number of carbonyl (C=O) groups excluding carboxylic acids is 1. The van der Waals surface area contributed by atoms with Gasteiger partial charge in [0.2, 0.25) is 0 Å². The second kappa shape index (κ2) is 10.2. The number of carbonyl (C=O) groups is 1. The van der Waals surface area contributed by atoms with Crippen molar-refractivity contribution < 1.29 is 22.7 Å². The highest BCUT2D eigenvalue weighted by Crippen LogP contribution is 2.33. The molecular formula is C25H33N3O5S. The number of likely N-dealkylation sites (N-methyl/N-ethyl adjacent to an activating group) is 1. The largest absolute Gasteiger partial charge is 0.486 e. The average molecular weight is 488 g/mol. The Morgan fingerprint density at radius 3 is 2.38 bits per heavy atom. The molecule has 0 spiro atoms. The first-order valence-electron chi connectivity index (χ1n) is 11.8. The lowest BCUT2D eigenvalue weighted by molar-refractivity contribution is 0.0869. The molecule has 184 valence electrons. The average Bonchev–Trinajstić information content (AvgIpc) is 3.09. The monoisotopic (exact) mass is 487 g/mol. The van der Waals surface area contributed by atoms with E-state index in [9.17, 15) is 13.2 Å². The van der Waals surface area contributed by atoms with E-state index in [1.54, 1.807) is 30.3 Å². The van der Waals surface area contributed by atoms with Crippen LogP contribution in [0.3, 0.4) is 0 Å². The predicted molar refractivity (Wildman–Crippen MR) is 131 cm³/mol. The van der Waals surface area contributed by atoms with E-state index in [0.717, 1.165) is 25.7 Å². The van der Waals surface area contributed by atoms with Gasteiger partial charge in [-0.2, -0.15) is 0 Å². The summed E-state index contributed by atoms with van der Waals surface area (Å²) in [5, 5.41) is 3.09. The molecular weight excluding hydrogens is 454 g/mol. The smallest absolute Gasteiger partial charge is 0.262 e. The molecule has 0 radical (unpaired) electrons. The Balaban J connectivity index is 1.45. The minimum absolute atomic E-state index is 0.0520. The van der Waals surface area contributed by atoms with Gasteiger partial charge in [-0.05, 0) is 57.3 Å². The second-order valence-corrected chi connectivity index (χ2v) is 10.9. The lowest BCUT2D eigenvalue weighted by Gasteiger charge is -2.39. The molecule has 4 rings (SSSR count). The first-order valence-corrected chi connectivity index (χ1v) is 13.3. The Hall–Kier alpha value is -2.78. The highest BCUT2D eigenvalue weighted by molar-refractivity contribution is 7.92. The van der Waals surface area contributed by atoms with Crippen molar-refractivity contribution in [2.75, 3.05) is 38.6 Å². The Labute approximate surface area is 201 Å². The zero-order valence-corrected chi connectivity index (χ0v) is 20.6. The van der Waals surface area contributed by atoms with E-state index in [1.807, 2.05) is 0 Å². The first kappa shape index (κ1) is 24.3. The Morgan fingerprint density at radius 2 is 1.68 bits per heavy atom. The van der Waals surface area contributed by atoms with Gasteiger partial charge in [-0.25, -0.2) is 8.42 Å². The Morgan fingerprint density at radius 1 is 0.971 bits per heavy atom. The van der Waals surface area contributed by atoms with Crippen LogP contribution in [0.4, 0.5) is 5.69 Å². The van der Waals surface area contributed by atoms with Gasteiger partial charge >= 0.3 is 0 Å². The molecule has 1 amide bonds. The van der Waals surface area contributed by atoms with Gasteiger partial charge in [0, 0.05) is 29.4 Å². The molecule has 34 heavy (non-hydrogen) atoms.